The first kappa shape index (κ1) is 28.0. The molecule has 0 N–H and O–H groups in total. The number of fused-ring (bicyclic) bond motifs is 9. The molecule has 0 saturated carbocycles. The van der Waals surface area contributed by atoms with Crippen molar-refractivity contribution in [3.05, 3.63) is 182 Å². The fourth-order valence-corrected chi connectivity index (χ4v) is 9.54. The molecule has 0 aliphatic carbocycles. The van der Waals surface area contributed by atoms with Gasteiger partial charge in [-0.3, -0.25) is 0 Å². The topological polar surface area (TPSA) is 0 Å². The van der Waals surface area contributed by atoms with Gasteiger partial charge in [-0.25, -0.2) is 0 Å². The quantitative estimate of drug-likeness (QED) is 0.129. The molecule has 0 saturated heterocycles. The van der Waals surface area contributed by atoms with E-state index >= 15 is 0 Å². The van der Waals surface area contributed by atoms with Gasteiger partial charge in [0.1, 0.15) is 0 Å². The van der Waals surface area contributed by atoms with Crippen molar-refractivity contribution in [2.45, 2.75) is 0 Å². The standard InChI is InChI=1S/C52H30/c1-3-14-36-31(10-1)22-26-40-38-16-5-6-17-39(38)47(30-46(36)40)52-42-19-8-7-18-41(42)50(45-29-23-32-11-2-4-15-37(32)51(45)52)44-28-25-35-21-20-33-12-9-13-34-24-27-43(44)49(35)48(33)34/h1-30H. The van der Waals surface area contributed by atoms with Crippen LogP contribution in [0.1, 0.15) is 0 Å². The fourth-order valence-electron chi connectivity index (χ4n) is 9.54. The lowest BCUT2D eigenvalue weighted by Gasteiger charge is -2.22. The molecule has 12 aromatic carbocycles. The third kappa shape index (κ3) is 3.71. The smallest absolute Gasteiger partial charge is 0.00137 e. The number of hydrogen-bond donors (Lipinski definition) is 0. The molecule has 0 heterocycles. The predicted octanol–water partition coefficient (Wildman–Crippen LogP) is 14.8. The highest BCUT2D eigenvalue weighted by Gasteiger charge is 2.23. The molecule has 0 unspecified atom stereocenters. The normalized spacial score (nSPS) is 12.2. The van der Waals surface area contributed by atoms with E-state index < -0.39 is 0 Å². The Bertz CT molecular complexity index is 3440. The van der Waals surface area contributed by atoms with Crippen LogP contribution in [-0.4, -0.2) is 0 Å². The van der Waals surface area contributed by atoms with Crippen LogP contribution < -0.4 is 0 Å². The van der Waals surface area contributed by atoms with E-state index in [0.717, 1.165) is 0 Å². The van der Waals surface area contributed by atoms with Gasteiger partial charge < -0.3 is 0 Å². The van der Waals surface area contributed by atoms with Crippen molar-refractivity contribution in [1.29, 1.82) is 0 Å². The lowest BCUT2D eigenvalue weighted by atomic mass is 9.80. The number of hydrogen-bond acceptors (Lipinski definition) is 0. The number of rotatable bonds is 2. The molecule has 238 valence electrons. The Hall–Kier alpha value is -6.76. The molecule has 0 atom stereocenters. The second kappa shape index (κ2) is 10.4. The molecule has 0 amide bonds. The highest BCUT2D eigenvalue weighted by Crippen LogP contribution is 2.51. The van der Waals surface area contributed by atoms with E-state index in [-0.39, 0.29) is 0 Å². The van der Waals surface area contributed by atoms with Gasteiger partial charge in [0.15, 0.2) is 0 Å². The lowest BCUT2D eigenvalue weighted by molar-refractivity contribution is 1.71. The molecule has 0 spiro atoms. The Labute approximate surface area is 300 Å². The Morgan fingerprint density at radius 3 is 1.44 bits per heavy atom. The zero-order valence-electron chi connectivity index (χ0n) is 28.3. The molecule has 12 rings (SSSR count). The van der Waals surface area contributed by atoms with Gasteiger partial charge in [0, 0.05) is 0 Å². The average Bonchev–Trinajstić information content (AvgIpc) is 3.21. The Balaban J connectivity index is 1.31. The molecule has 0 heteroatoms. The van der Waals surface area contributed by atoms with E-state index in [2.05, 4.69) is 182 Å². The first-order valence-electron chi connectivity index (χ1n) is 18.2. The van der Waals surface area contributed by atoms with E-state index in [0.29, 0.717) is 0 Å². The minimum Gasteiger partial charge on any atom is -0.0616 e. The van der Waals surface area contributed by atoms with Crippen molar-refractivity contribution < 1.29 is 0 Å². The zero-order chi connectivity index (χ0) is 33.9. The van der Waals surface area contributed by atoms with Crippen molar-refractivity contribution in [2.24, 2.45) is 0 Å². The van der Waals surface area contributed by atoms with Crippen LogP contribution in [-0.2, 0) is 0 Å². The molecule has 0 aromatic heterocycles. The molecule has 12 aromatic rings. The minimum atomic E-state index is 1.25. The van der Waals surface area contributed by atoms with Crippen molar-refractivity contribution in [3.63, 3.8) is 0 Å². The predicted molar refractivity (Wildman–Crippen MR) is 226 cm³/mol. The lowest BCUT2D eigenvalue weighted by Crippen LogP contribution is -1.94. The van der Waals surface area contributed by atoms with Gasteiger partial charge in [0.25, 0.3) is 0 Å². The summed E-state index contributed by atoms with van der Waals surface area (Å²) in [6.07, 6.45) is 0. The molecule has 0 nitrogen and oxygen atoms in total. The van der Waals surface area contributed by atoms with Crippen LogP contribution in [0.4, 0.5) is 0 Å². The van der Waals surface area contributed by atoms with Crippen molar-refractivity contribution in [2.75, 3.05) is 0 Å². The van der Waals surface area contributed by atoms with Gasteiger partial charge in [-0.1, -0.05) is 176 Å². The van der Waals surface area contributed by atoms with Crippen LogP contribution in [0.2, 0.25) is 0 Å². The molecule has 0 radical (unpaired) electrons. The van der Waals surface area contributed by atoms with Gasteiger partial charge in [0.05, 0.1) is 0 Å². The molecule has 0 bridgehead atoms. The summed E-state index contributed by atoms with van der Waals surface area (Å²) < 4.78 is 0. The second-order valence-corrected chi connectivity index (χ2v) is 14.3. The summed E-state index contributed by atoms with van der Waals surface area (Å²) in [4.78, 5) is 0. The van der Waals surface area contributed by atoms with E-state index in [1.165, 1.54) is 119 Å². The maximum atomic E-state index is 2.48. The molecule has 0 aliphatic heterocycles. The van der Waals surface area contributed by atoms with Gasteiger partial charge in [-0.05, 0) is 125 Å². The Morgan fingerprint density at radius 1 is 0.192 bits per heavy atom. The van der Waals surface area contributed by atoms with E-state index in [1.54, 1.807) is 0 Å². The summed E-state index contributed by atoms with van der Waals surface area (Å²) in [6.45, 7) is 0. The van der Waals surface area contributed by atoms with Crippen LogP contribution in [0, 0.1) is 0 Å². The van der Waals surface area contributed by atoms with Crippen molar-refractivity contribution >= 4 is 97.0 Å². The summed E-state index contributed by atoms with van der Waals surface area (Å²) in [5.74, 6) is 0. The molecule has 52 heavy (non-hydrogen) atoms. The van der Waals surface area contributed by atoms with Crippen LogP contribution in [0.3, 0.4) is 0 Å². The second-order valence-electron chi connectivity index (χ2n) is 14.3. The monoisotopic (exact) mass is 654 g/mol. The molecule has 0 fully saturated rings. The van der Waals surface area contributed by atoms with Gasteiger partial charge >= 0.3 is 0 Å². The van der Waals surface area contributed by atoms with E-state index in [1.807, 2.05) is 0 Å². The molecule has 0 aliphatic rings. The van der Waals surface area contributed by atoms with Gasteiger partial charge in [-0.2, -0.15) is 0 Å². The first-order valence-corrected chi connectivity index (χ1v) is 18.2. The summed E-state index contributed by atoms with van der Waals surface area (Å²) in [5.41, 5.74) is 5.16. The minimum absolute atomic E-state index is 1.25. The summed E-state index contributed by atoms with van der Waals surface area (Å²) in [6, 6.07) is 68.3. The Morgan fingerprint density at radius 2 is 0.673 bits per heavy atom. The van der Waals surface area contributed by atoms with E-state index in [4.69, 9.17) is 0 Å². The van der Waals surface area contributed by atoms with Crippen LogP contribution in [0.25, 0.3) is 119 Å². The summed E-state index contributed by atoms with van der Waals surface area (Å²) >= 11 is 0. The SMILES string of the molecule is c1ccc2c(c1)ccc1c3ccccc3c(-c3c4ccccc4c(-c4ccc5ccc6cccc7ccc4c5c67)c4ccc5ccccc5c34)cc21. The summed E-state index contributed by atoms with van der Waals surface area (Å²) in [5, 5.41) is 23.2. The Kier molecular flexibility index (Phi) is 5.59. The van der Waals surface area contributed by atoms with Crippen LogP contribution in [0.5, 0.6) is 0 Å². The van der Waals surface area contributed by atoms with Gasteiger partial charge in [-0.15, -0.1) is 0 Å². The van der Waals surface area contributed by atoms with Crippen LogP contribution >= 0.6 is 0 Å². The highest BCUT2D eigenvalue weighted by molar-refractivity contribution is 6.34. The average molecular weight is 655 g/mol. The first-order chi connectivity index (χ1) is 25.8. The van der Waals surface area contributed by atoms with Gasteiger partial charge in [0.2, 0.25) is 0 Å². The maximum Gasteiger partial charge on any atom is -0.00137 e. The fraction of sp³-hybridized carbons (Fsp3) is 0. The highest BCUT2D eigenvalue weighted by atomic mass is 14.3. The largest absolute Gasteiger partial charge is 0.0616 e. The van der Waals surface area contributed by atoms with Crippen molar-refractivity contribution in [1.82, 2.24) is 0 Å². The maximum absolute atomic E-state index is 2.48. The molecular formula is C52H30. The summed E-state index contributed by atoms with van der Waals surface area (Å²) in [7, 11) is 0. The van der Waals surface area contributed by atoms with Crippen molar-refractivity contribution in [3.8, 4) is 22.3 Å². The number of benzene rings is 12. The third-order valence-electron chi connectivity index (χ3n) is 11.7. The van der Waals surface area contributed by atoms with E-state index in [9.17, 15) is 0 Å². The third-order valence-corrected chi connectivity index (χ3v) is 11.7. The zero-order valence-corrected chi connectivity index (χ0v) is 28.3. The molecular weight excluding hydrogens is 625 g/mol. The van der Waals surface area contributed by atoms with Crippen LogP contribution in [0.15, 0.2) is 182 Å².